The van der Waals surface area contributed by atoms with Gasteiger partial charge < -0.3 is 0 Å². The first-order valence-corrected chi connectivity index (χ1v) is 10.5. The highest BCUT2D eigenvalue weighted by molar-refractivity contribution is 7.90. The van der Waals surface area contributed by atoms with Crippen molar-refractivity contribution in [3.05, 3.63) is 65.7 Å². The van der Waals surface area contributed by atoms with Crippen molar-refractivity contribution in [2.24, 2.45) is 0 Å². The lowest BCUT2D eigenvalue weighted by atomic mass is 10.2. The molecule has 0 aromatic heterocycles. The van der Waals surface area contributed by atoms with Gasteiger partial charge in [-0.3, -0.25) is 4.79 Å². The van der Waals surface area contributed by atoms with Crippen LogP contribution in [0, 0.1) is 6.92 Å². The van der Waals surface area contributed by atoms with E-state index in [-0.39, 0.29) is 9.79 Å². The molecule has 7 nitrogen and oxygen atoms in total. The summed E-state index contributed by atoms with van der Waals surface area (Å²) in [5.74, 6) is -0.808. The molecule has 0 unspecified atom stereocenters. The maximum atomic E-state index is 12.1. The van der Waals surface area contributed by atoms with Crippen LogP contribution in [0.2, 0.25) is 0 Å². The van der Waals surface area contributed by atoms with Crippen molar-refractivity contribution in [2.75, 3.05) is 7.05 Å². The summed E-state index contributed by atoms with van der Waals surface area (Å²) in [6, 6.07) is 11.9. The summed E-state index contributed by atoms with van der Waals surface area (Å²) in [6.07, 6.45) is 2.45. The van der Waals surface area contributed by atoms with E-state index in [0.717, 1.165) is 11.6 Å². The molecule has 26 heavy (non-hydrogen) atoms. The van der Waals surface area contributed by atoms with Gasteiger partial charge in [-0.25, -0.2) is 26.3 Å². The second-order valence-electron chi connectivity index (χ2n) is 5.39. The molecule has 138 valence electrons. The van der Waals surface area contributed by atoms with E-state index >= 15 is 0 Å². The fourth-order valence-electron chi connectivity index (χ4n) is 1.99. The van der Waals surface area contributed by atoms with E-state index in [1.54, 1.807) is 12.1 Å². The molecule has 0 aliphatic carbocycles. The molecule has 1 amide bonds. The van der Waals surface area contributed by atoms with E-state index in [1.807, 2.05) is 11.6 Å². The van der Waals surface area contributed by atoms with Gasteiger partial charge in [0.25, 0.3) is 15.9 Å². The Morgan fingerprint density at radius 3 is 1.88 bits per heavy atom. The zero-order chi connectivity index (χ0) is 19.4. The van der Waals surface area contributed by atoms with Crippen LogP contribution in [0.25, 0.3) is 6.08 Å². The molecule has 2 N–H and O–H groups in total. The first-order chi connectivity index (χ1) is 12.1. The van der Waals surface area contributed by atoms with Gasteiger partial charge in [0.05, 0.1) is 9.79 Å². The van der Waals surface area contributed by atoms with Gasteiger partial charge in [-0.2, -0.15) is 0 Å². The summed E-state index contributed by atoms with van der Waals surface area (Å²) in [5.41, 5.74) is 1.45. The zero-order valence-corrected chi connectivity index (χ0v) is 15.8. The molecule has 0 heterocycles. The number of sulfonamides is 2. The van der Waals surface area contributed by atoms with Gasteiger partial charge in [0.2, 0.25) is 10.0 Å². The molecule has 2 rings (SSSR count). The number of hydrogen-bond acceptors (Lipinski definition) is 5. The molecule has 0 saturated heterocycles. The van der Waals surface area contributed by atoms with Gasteiger partial charge in [-0.05, 0) is 49.9 Å². The third-order valence-electron chi connectivity index (χ3n) is 3.45. The highest BCUT2D eigenvalue weighted by Gasteiger charge is 2.15. The second-order valence-corrected chi connectivity index (χ2v) is 8.96. The normalized spacial score (nSPS) is 12.2. The first kappa shape index (κ1) is 19.8. The highest BCUT2D eigenvalue weighted by atomic mass is 32.2. The number of carbonyl (C=O) groups excluding carboxylic acids is 1. The third kappa shape index (κ3) is 5.01. The molecule has 0 fully saturated rings. The quantitative estimate of drug-likeness (QED) is 0.720. The Morgan fingerprint density at radius 1 is 0.846 bits per heavy atom. The summed E-state index contributed by atoms with van der Waals surface area (Å²) < 4.78 is 51.6. The molecular weight excluding hydrogens is 376 g/mol. The molecule has 0 aliphatic heterocycles. The molecule has 0 radical (unpaired) electrons. The molecule has 0 atom stereocenters. The van der Waals surface area contributed by atoms with E-state index in [1.165, 1.54) is 49.5 Å². The minimum atomic E-state index is -3.95. The van der Waals surface area contributed by atoms with E-state index in [2.05, 4.69) is 4.72 Å². The van der Waals surface area contributed by atoms with Crippen LogP contribution in [0.5, 0.6) is 0 Å². The predicted molar refractivity (Wildman–Crippen MR) is 98.2 cm³/mol. The maximum absolute atomic E-state index is 12.1. The van der Waals surface area contributed by atoms with Crippen LogP contribution in [0.3, 0.4) is 0 Å². The number of rotatable bonds is 6. The van der Waals surface area contributed by atoms with Crippen LogP contribution in [-0.4, -0.2) is 29.8 Å². The summed E-state index contributed by atoms with van der Waals surface area (Å²) in [5, 5.41) is 0. The minimum absolute atomic E-state index is 0.00789. The zero-order valence-electron chi connectivity index (χ0n) is 14.1. The number of amides is 1. The Kier molecular flexibility index (Phi) is 5.96. The lowest BCUT2D eigenvalue weighted by molar-refractivity contribution is -0.114. The Hall–Kier alpha value is -2.49. The number of carbonyl (C=O) groups is 1. The van der Waals surface area contributed by atoms with Crippen LogP contribution < -0.4 is 9.44 Å². The summed E-state index contributed by atoms with van der Waals surface area (Å²) >= 11 is 0. The van der Waals surface area contributed by atoms with Gasteiger partial charge in [-0.1, -0.05) is 29.8 Å². The molecule has 0 bridgehead atoms. The second kappa shape index (κ2) is 7.81. The van der Waals surface area contributed by atoms with Crippen LogP contribution in [0.4, 0.5) is 0 Å². The first-order valence-electron chi connectivity index (χ1n) is 7.49. The SMILES string of the molecule is CNS(=O)(=O)c1ccc(C=CC(=O)NS(=O)(=O)c2ccc(C)cc2)cc1. The van der Waals surface area contributed by atoms with E-state index in [4.69, 9.17) is 0 Å². The van der Waals surface area contributed by atoms with Gasteiger partial charge in [-0.15, -0.1) is 0 Å². The van der Waals surface area contributed by atoms with Crippen LogP contribution in [0.15, 0.2) is 64.4 Å². The van der Waals surface area contributed by atoms with Crippen molar-refractivity contribution < 1.29 is 21.6 Å². The van der Waals surface area contributed by atoms with Crippen molar-refractivity contribution in [1.82, 2.24) is 9.44 Å². The summed E-state index contributed by atoms with van der Waals surface area (Å²) in [6.45, 7) is 1.82. The van der Waals surface area contributed by atoms with Crippen molar-refractivity contribution in [3.63, 3.8) is 0 Å². The molecule has 0 spiro atoms. The fourth-order valence-corrected chi connectivity index (χ4v) is 3.67. The predicted octanol–water partition coefficient (Wildman–Crippen LogP) is 1.42. The van der Waals surface area contributed by atoms with Crippen LogP contribution >= 0.6 is 0 Å². The molecule has 2 aromatic rings. The van der Waals surface area contributed by atoms with Crippen molar-refractivity contribution in [2.45, 2.75) is 16.7 Å². The monoisotopic (exact) mass is 394 g/mol. The smallest absolute Gasteiger partial charge is 0.264 e. The average molecular weight is 394 g/mol. The minimum Gasteiger partial charge on any atom is -0.269 e. The van der Waals surface area contributed by atoms with Crippen LogP contribution in [-0.2, 0) is 24.8 Å². The van der Waals surface area contributed by atoms with Gasteiger partial charge in [0.1, 0.15) is 0 Å². The lowest BCUT2D eigenvalue weighted by Gasteiger charge is -2.05. The lowest BCUT2D eigenvalue weighted by Crippen LogP contribution is -2.28. The van der Waals surface area contributed by atoms with E-state index in [0.29, 0.717) is 5.56 Å². The topological polar surface area (TPSA) is 109 Å². The van der Waals surface area contributed by atoms with Crippen molar-refractivity contribution in [3.8, 4) is 0 Å². The molecular formula is C17H18N2O5S2. The highest BCUT2D eigenvalue weighted by Crippen LogP contribution is 2.12. The Bertz CT molecular complexity index is 1020. The molecule has 0 saturated carbocycles. The largest absolute Gasteiger partial charge is 0.269 e. The number of benzene rings is 2. The van der Waals surface area contributed by atoms with Crippen molar-refractivity contribution in [1.29, 1.82) is 0 Å². The fraction of sp³-hybridized carbons (Fsp3) is 0.118. The van der Waals surface area contributed by atoms with Gasteiger partial charge in [0, 0.05) is 6.08 Å². The van der Waals surface area contributed by atoms with Crippen molar-refractivity contribution >= 4 is 32.0 Å². The Labute approximate surface area is 152 Å². The third-order valence-corrected chi connectivity index (χ3v) is 6.25. The van der Waals surface area contributed by atoms with E-state index < -0.39 is 26.0 Å². The van der Waals surface area contributed by atoms with Gasteiger partial charge in [0.15, 0.2) is 0 Å². The standard InChI is InChI=1S/C17H18N2O5S2/c1-13-3-8-16(9-4-13)26(23,24)19-17(20)12-7-14-5-10-15(11-6-14)25(21,22)18-2/h3-12,18H,1-2H3,(H,19,20). The number of aryl methyl sites for hydroxylation is 1. The average Bonchev–Trinajstić information content (AvgIpc) is 2.60. The summed E-state index contributed by atoms with van der Waals surface area (Å²) in [7, 11) is -6.18. The maximum Gasteiger partial charge on any atom is 0.264 e. The summed E-state index contributed by atoms with van der Waals surface area (Å²) in [4.78, 5) is 11.9. The Morgan fingerprint density at radius 2 is 1.35 bits per heavy atom. The van der Waals surface area contributed by atoms with E-state index in [9.17, 15) is 21.6 Å². The molecule has 0 aliphatic rings. The van der Waals surface area contributed by atoms with Gasteiger partial charge >= 0.3 is 0 Å². The molecule has 2 aromatic carbocycles. The Balaban J connectivity index is 2.08. The van der Waals surface area contributed by atoms with Crippen LogP contribution in [0.1, 0.15) is 11.1 Å². The molecule has 9 heteroatoms. The number of nitrogens with one attached hydrogen (secondary N) is 2. The number of hydrogen-bond donors (Lipinski definition) is 2.